The number of nitrogens with one attached hydrogen (secondary N) is 2. The van der Waals surface area contributed by atoms with Gasteiger partial charge in [-0.3, -0.25) is 0 Å². The Bertz CT molecular complexity index is 440. The summed E-state index contributed by atoms with van der Waals surface area (Å²) in [5, 5.41) is 14.0. The number of nitrogens with zero attached hydrogens (tertiary/aromatic N) is 3. The van der Waals surface area contributed by atoms with Crippen molar-refractivity contribution in [1.82, 2.24) is 15.3 Å². The van der Waals surface area contributed by atoms with Crippen LogP contribution in [0.15, 0.2) is 12.4 Å². The first-order valence-corrected chi connectivity index (χ1v) is 5.66. The summed E-state index contributed by atoms with van der Waals surface area (Å²) in [6.45, 7) is 0.435. The third-order valence-corrected chi connectivity index (χ3v) is 2.92. The maximum atomic E-state index is 13.5. The molecule has 1 unspecified atom stereocenters. The van der Waals surface area contributed by atoms with Gasteiger partial charge in [0.2, 0.25) is 5.95 Å². The van der Waals surface area contributed by atoms with E-state index in [1.165, 1.54) is 12.4 Å². The van der Waals surface area contributed by atoms with E-state index in [-0.39, 0.29) is 19.0 Å². The summed E-state index contributed by atoms with van der Waals surface area (Å²) in [5.41, 5.74) is 0.341. The van der Waals surface area contributed by atoms with Crippen LogP contribution in [0.25, 0.3) is 0 Å². The number of halogens is 2. The van der Waals surface area contributed by atoms with E-state index in [1.54, 1.807) is 0 Å². The average molecular weight is 253 g/mol. The van der Waals surface area contributed by atoms with Gasteiger partial charge in [-0.15, -0.1) is 0 Å². The predicted octanol–water partition coefficient (Wildman–Crippen LogP) is 1.00. The summed E-state index contributed by atoms with van der Waals surface area (Å²) in [4.78, 5) is 7.75. The van der Waals surface area contributed by atoms with Gasteiger partial charge >= 0.3 is 0 Å². The van der Waals surface area contributed by atoms with Crippen molar-refractivity contribution in [2.45, 2.75) is 12.3 Å². The quantitative estimate of drug-likeness (QED) is 0.840. The Morgan fingerprint density at radius 1 is 1.50 bits per heavy atom. The highest BCUT2D eigenvalue weighted by Crippen LogP contribution is 2.29. The molecule has 1 atom stereocenters. The molecular weight excluding hydrogens is 240 g/mol. The fraction of sp³-hybridized carbons (Fsp3) is 0.545. The second-order valence-electron chi connectivity index (χ2n) is 4.21. The Balaban J connectivity index is 1.92. The van der Waals surface area contributed by atoms with Crippen molar-refractivity contribution >= 4 is 5.95 Å². The fourth-order valence-corrected chi connectivity index (χ4v) is 1.83. The molecule has 1 aliphatic heterocycles. The second-order valence-corrected chi connectivity index (χ2v) is 4.21. The molecule has 1 aromatic heterocycles. The van der Waals surface area contributed by atoms with Gasteiger partial charge in [-0.05, 0) is 13.0 Å². The smallest absolute Gasteiger partial charge is 0.264 e. The standard InChI is InChI=1S/C11H13F2N5/c12-11(13)7-15-2-1-9(11)6-18-10-16-4-8(3-14)5-17-10/h4-5,9,15H,1-2,6-7H2,(H,16,17,18). The van der Waals surface area contributed by atoms with Crippen molar-refractivity contribution in [3.8, 4) is 6.07 Å². The summed E-state index contributed by atoms with van der Waals surface area (Å²) < 4.78 is 27.0. The van der Waals surface area contributed by atoms with Crippen LogP contribution in [0.3, 0.4) is 0 Å². The minimum Gasteiger partial charge on any atom is -0.354 e. The van der Waals surface area contributed by atoms with Crippen molar-refractivity contribution in [3.05, 3.63) is 18.0 Å². The van der Waals surface area contributed by atoms with Gasteiger partial charge in [-0.25, -0.2) is 18.7 Å². The van der Waals surface area contributed by atoms with E-state index >= 15 is 0 Å². The molecule has 0 amide bonds. The van der Waals surface area contributed by atoms with Crippen molar-refractivity contribution in [3.63, 3.8) is 0 Å². The summed E-state index contributed by atoms with van der Waals surface area (Å²) in [6.07, 6.45) is 3.13. The minimum atomic E-state index is -2.71. The van der Waals surface area contributed by atoms with Crippen LogP contribution >= 0.6 is 0 Å². The fourth-order valence-electron chi connectivity index (χ4n) is 1.83. The van der Waals surface area contributed by atoms with Crippen LogP contribution in [0.1, 0.15) is 12.0 Å². The van der Waals surface area contributed by atoms with E-state index in [0.29, 0.717) is 18.5 Å². The van der Waals surface area contributed by atoms with Crippen molar-refractivity contribution in [2.75, 3.05) is 25.0 Å². The van der Waals surface area contributed by atoms with Crippen LogP contribution in [0.2, 0.25) is 0 Å². The molecule has 2 heterocycles. The van der Waals surface area contributed by atoms with E-state index in [1.807, 2.05) is 6.07 Å². The molecule has 1 aliphatic rings. The van der Waals surface area contributed by atoms with Crippen molar-refractivity contribution in [2.24, 2.45) is 5.92 Å². The Kier molecular flexibility index (Phi) is 3.67. The highest BCUT2D eigenvalue weighted by atomic mass is 19.3. The molecule has 0 saturated carbocycles. The van der Waals surface area contributed by atoms with Crippen LogP contribution in [-0.4, -0.2) is 35.5 Å². The molecule has 2 rings (SSSR count). The summed E-state index contributed by atoms with van der Waals surface area (Å²) >= 11 is 0. The molecule has 2 N–H and O–H groups in total. The topological polar surface area (TPSA) is 73.6 Å². The van der Waals surface area contributed by atoms with Crippen molar-refractivity contribution in [1.29, 1.82) is 5.26 Å². The molecule has 1 aromatic rings. The monoisotopic (exact) mass is 253 g/mol. The first-order valence-electron chi connectivity index (χ1n) is 5.66. The third-order valence-electron chi connectivity index (χ3n) is 2.92. The van der Waals surface area contributed by atoms with Crippen LogP contribution in [-0.2, 0) is 0 Å². The summed E-state index contributed by atoms with van der Waals surface area (Å²) in [6, 6.07) is 1.89. The van der Waals surface area contributed by atoms with Gasteiger partial charge in [0, 0.05) is 12.5 Å². The first-order chi connectivity index (χ1) is 8.62. The number of anilines is 1. The maximum absolute atomic E-state index is 13.5. The Labute approximate surface area is 103 Å². The molecule has 0 aromatic carbocycles. The van der Waals surface area contributed by atoms with E-state index in [9.17, 15) is 8.78 Å². The molecule has 1 saturated heterocycles. The number of hydrogen-bond donors (Lipinski definition) is 2. The normalized spacial score (nSPS) is 22.2. The average Bonchev–Trinajstić information content (AvgIpc) is 2.38. The van der Waals surface area contributed by atoms with Gasteiger partial charge < -0.3 is 10.6 Å². The van der Waals surface area contributed by atoms with E-state index in [0.717, 1.165) is 0 Å². The second kappa shape index (κ2) is 5.23. The van der Waals surface area contributed by atoms with Gasteiger partial charge in [-0.1, -0.05) is 0 Å². The summed E-state index contributed by atoms with van der Waals surface area (Å²) in [5.74, 6) is -3.17. The number of piperidine rings is 1. The van der Waals surface area contributed by atoms with Crippen molar-refractivity contribution < 1.29 is 8.78 Å². The molecule has 96 valence electrons. The lowest BCUT2D eigenvalue weighted by atomic mass is 9.94. The van der Waals surface area contributed by atoms with Gasteiger partial charge in [0.15, 0.2) is 0 Å². The molecular formula is C11H13F2N5. The molecule has 18 heavy (non-hydrogen) atoms. The lowest BCUT2D eigenvalue weighted by Gasteiger charge is -2.31. The largest absolute Gasteiger partial charge is 0.354 e. The molecule has 0 aliphatic carbocycles. The maximum Gasteiger partial charge on any atom is 0.264 e. The highest BCUT2D eigenvalue weighted by molar-refractivity contribution is 5.30. The number of hydrogen-bond acceptors (Lipinski definition) is 5. The third kappa shape index (κ3) is 2.90. The minimum absolute atomic E-state index is 0.126. The number of rotatable bonds is 3. The summed E-state index contributed by atoms with van der Waals surface area (Å²) in [7, 11) is 0. The zero-order valence-electron chi connectivity index (χ0n) is 9.66. The molecule has 5 nitrogen and oxygen atoms in total. The predicted molar refractivity (Wildman–Crippen MR) is 61.2 cm³/mol. The first kappa shape index (κ1) is 12.6. The molecule has 7 heteroatoms. The molecule has 0 radical (unpaired) electrons. The van der Waals surface area contributed by atoms with E-state index in [4.69, 9.17) is 5.26 Å². The zero-order valence-corrected chi connectivity index (χ0v) is 9.66. The van der Waals surface area contributed by atoms with Crippen LogP contribution in [0.4, 0.5) is 14.7 Å². The van der Waals surface area contributed by atoms with Gasteiger partial charge in [0.25, 0.3) is 5.92 Å². The molecule has 1 fully saturated rings. The van der Waals surface area contributed by atoms with Gasteiger partial charge in [0.05, 0.1) is 24.5 Å². The number of aromatic nitrogens is 2. The van der Waals surface area contributed by atoms with Crippen LogP contribution in [0, 0.1) is 17.2 Å². The van der Waals surface area contributed by atoms with Gasteiger partial charge in [0.1, 0.15) is 6.07 Å². The Morgan fingerprint density at radius 2 is 2.22 bits per heavy atom. The highest BCUT2D eigenvalue weighted by Gasteiger charge is 2.41. The Morgan fingerprint density at radius 3 is 2.83 bits per heavy atom. The lowest BCUT2D eigenvalue weighted by molar-refractivity contribution is -0.0678. The SMILES string of the molecule is N#Cc1cnc(NCC2CCNCC2(F)F)nc1. The van der Waals surface area contributed by atoms with Gasteiger partial charge in [-0.2, -0.15) is 5.26 Å². The number of alkyl halides is 2. The Hall–Kier alpha value is -1.81. The van der Waals surface area contributed by atoms with Crippen LogP contribution < -0.4 is 10.6 Å². The molecule has 0 spiro atoms. The van der Waals surface area contributed by atoms with E-state index in [2.05, 4.69) is 20.6 Å². The van der Waals surface area contributed by atoms with Crippen LogP contribution in [0.5, 0.6) is 0 Å². The molecule has 0 bridgehead atoms. The van der Waals surface area contributed by atoms with E-state index < -0.39 is 11.8 Å². The zero-order chi connectivity index (χ0) is 13.0. The number of nitriles is 1. The lowest BCUT2D eigenvalue weighted by Crippen LogP contribution is -2.48.